The van der Waals surface area contributed by atoms with Crippen LogP contribution >= 0.6 is 0 Å². The number of hydrogen-bond acceptors (Lipinski definition) is 2. The standard InChI is InChI=1S/C18H18N2/c1-2-16-18(17(12-19)20-16)15-10-8-14(9-11-15)13-6-4-3-5-7-13/h3-11,16-18,20H,2H2,1H3/t16-,17+,18-/m0/s1. The molecule has 2 aromatic carbocycles. The monoisotopic (exact) mass is 262 g/mol. The van der Waals surface area contributed by atoms with E-state index in [4.69, 9.17) is 5.26 Å². The van der Waals surface area contributed by atoms with Crippen molar-refractivity contribution in [1.82, 2.24) is 5.32 Å². The highest BCUT2D eigenvalue weighted by Gasteiger charge is 2.40. The summed E-state index contributed by atoms with van der Waals surface area (Å²) in [4.78, 5) is 0. The lowest BCUT2D eigenvalue weighted by Crippen LogP contribution is -2.58. The molecular formula is C18H18N2. The van der Waals surface area contributed by atoms with E-state index in [0.29, 0.717) is 12.0 Å². The Hall–Kier alpha value is -2.11. The van der Waals surface area contributed by atoms with Crippen LogP contribution in [0.4, 0.5) is 0 Å². The molecule has 0 aliphatic carbocycles. The van der Waals surface area contributed by atoms with Crippen LogP contribution in [0.25, 0.3) is 11.1 Å². The number of nitrogens with one attached hydrogen (secondary N) is 1. The molecule has 0 unspecified atom stereocenters. The Balaban J connectivity index is 1.85. The molecule has 20 heavy (non-hydrogen) atoms. The summed E-state index contributed by atoms with van der Waals surface area (Å²) < 4.78 is 0. The van der Waals surface area contributed by atoms with E-state index in [0.717, 1.165) is 6.42 Å². The molecule has 1 heterocycles. The topological polar surface area (TPSA) is 35.8 Å². The molecule has 0 bridgehead atoms. The first-order valence-electron chi connectivity index (χ1n) is 7.14. The molecule has 0 amide bonds. The predicted octanol–water partition coefficient (Wildman–Crippen LogP) is 3.71. The van der Waals surface area contributed by atoms with E-state index in [1.165, 1.54) is 16.7 Å². The Labute approximate surface area is 120 Å². The van der Waals surface area contributed by atoms with Gasteiger partial charge in [0, 0.05) is 12.0 Å². The van der Waals surface area contributed by atoms with Gasteiger partial charge in [-0.25, -0.2) is 0 Å². The molecule has 0 radical (unpaired) electrons. The summed E-state index contributed by atoms with van der Waals surface area (Å²) in [5, 5.41) is 12.5. The van der Waals surface area contributed by atoms with Gasteiger partial charge in [-0.2, -0.15) is 5.26 Å². The lowest BCUT2D eigenvalue weighted by atomic mass is 9.77. The number of benzene rings is 2. The Kier molecular flexibility index (Phi) is 3.54. The summed E-state index contributed by atoms with van der Waals surface area (Å²) in [6, 6.07) is 21.8. The summed E-state index contributed by atoms with van der Waals surface area (Å²) in [5.41, 5.74) is 3.72. The van der Waals surface area contributed by atoms with Crippen molar-refractivity contribution in [1.29, 1.82) is 5.26 Å². The minimum Gasteiger partial charge on any atom is -0.298 e. The SMILES string of the molecule is CC[C@@H]1N[C@H](C#N)[C@H]1c1ccc(-c2ccccc2)cc1. The van der Waals surface area contributed by atoms with E-state index in [2.05, 4.69) is 66.8 Å². The first-order valence-corrected chi connectivity index (χ1v) is 7.14. The normalized spacial score (nSPS) is 24.7. The first kappa shape index (κ1) is 12.9. The molecule has 3 rings (SSSR count). The first-order chi connectivity index (χ1) is 9.83. The summed E-state index contributed by atoms with van der Waals surface area (Å²) >= 11 is 0. The summed E-state index contributed by atoms with van der Waals surface area (Å²) in [6.07, 6.45) is 1.06. The quantitative estimate of drug-likeness (QED) is 0.915. The zero-order valence-corrected chi connectivity index (χ0v) is 11.6. The van der Waals surface area contributed by atoms with Gasteiger partial charge in [-0.15, -0.1) is 0 Å². The molecule has 0 saturated carbocycles. The third-order valence-corrected chi connectivity index (χ3v) is 4.17. The highest BCUT2D eigenvalue weighted by molar-refractivity contribution is 5.63. The summed E-state index contributed by atoms with van der Waals surface area (Å²) in [7, 11) is 0. The predicted molar refractivity (Wildman–Crippen MR) is 81.2 cm³/mol. The van der Waals surface area contributed by atoms with Crippen molar-refractivity contribution >= 4 is 0 Å². The maximum atomic E-state index is 9.15. The van der Waals surface area contributed by atoms with E-state index in [1.807, 2.05) is 6.07 Å². The van der Waals surface area contributed by atoms with Gasteiger partial charge in [0.1, 0.15) is 6.04 Å². The molecule has 1 aliphatic heterocycles. The fourth-order valence-corrected chi connectivity index (χ4v) is 2.99. The van der Waals surface area contributed by atoms with Gasteiger partial charge < -0.3 is 0 Å². The van der Waals surface area contributed by atoms with Crippen molar-refractivity contribution in [2.45, 2.75) is 31.3 Å². The second-order valence-electron chi connectivity index (χ2n) is 5.30. The summed E-state index contributed by atoms with van der Waals surface area (Å²) in [5.74, 6) is 0.329. The fraction of sp³-hybridized carbons (Fsp3) is 0.278. The fourth-order valence-electron chi connectivity index (χ4n) is 2.99. The van der Waals surface area contributed by atoms with E-state index >= 15 is 0 Å². The molecule has 1 fully saturated rings. The van der Waals surface area contributed by atoms with Crippen LogP contribution in [0.15, 0.2) is 54.6 Å². The molecule has 1 saturated heterocycles. The van der Waals surface area contributed by atoms with E-state index in [-0.39, 0.29) is 6.04 Å². The van der Waals surface area contributed by atoms with Gasteiger partial charge >= 0.3 is 0 Å². The number of nitriles is 1. The molecule has 100 valence electrons. The van der Waals surface area contributed by atoms with E-state index in [9.17, 15) is 0 Å². The van der Waals surface area contributed by atoms with Crippen LogP contribution in [0.5, 0.6) is 0 Å². The summed E-state index contributed by atoms with van der Waals surface area (Å²) in [6.45, 7) is 2.16. The largest absolute Gasteiger partial charge is 0.298 e. The zero-order valence-electron chi connectivity index (χ0n) is 11.6. The Bertz CT molecular complexity index is 610. The number of hydrogen-bond donors (Lipinski definition) is 1. The lowest BCUT2D eigenvalue weighted by molar-refractivity contribution is 0.250. The lowest BCUT2D eigenvalue weighted by Gasteiger charge is -2.42. The zero-order chi connectivity index (χ0) is 13.9. The van der Waals surface area contributed by atoms with Crippen LogP contribution in [-0.4, -0.2) is 12.1 Å². The smallest absolute Gasteiger partial charge is 0.104 e. The third kappa shape index (κ3) is 2.21. The van der Waals surface area contributed by atoms with Crippen molar-refractivity contribution in [3.63, 3.8) is 0 Å². The van der Waals surface area contributed by atoms with Crippen LogP contribution in [0.2, 0.25) is 0 Å². The van der Waals surface area contributed by atoms with Crippen LogP contribution in [0.3, 0.4) is 0 Å². The average molecular weight is 262 g/mol. The molecule has 0 spiro atoms. The second-order valence-corrected chi connectivity index (χ2v) is 5.30. The third-order valence-electron chi connectivity index (χ3n) is 4.17. The van der Waals surface area contributed by atoms with Crippen LogP contribution in [0.1, 0.15) is 24.8 Å². The minimum absolute atomic E-state index is 0.0393. The molecule has 2 nitrogen and oxygen atoms in total. The van der Waals surface area contributed by atoms with Gasteiger partial charge in [0.25, 0.3) is 0 Å². The van der Waals surface area contributed by atoms with Crippen LogP contribution in [-0.2, 0) is 0 Å². The van der Waals surface area contributed by atoms with Crippen LogP contribution < -0.4 is 5.32 Å². The van der Waals surface area contributed by atoms with Crippen molar-refractivity contribution in [2.75, 3.05) is 0 Å². The Morgan fingerprint density at radius 3 is 2.25 bits per heavy atom. The minimum atomic E-state index is -0.0393. The van der Waals surface area contributed by atoms with Crippen LogP contribution in [0, 0.1) is 11.3 Å². The highest BCUT2D eigenvalue weighted by atomic mass is 15.1. The molecule has 2 heteroatoms. The van der Waals surface area contributed by atoms with Crippen molar-refractivity contribution < 1.29 is 0 Å². The van der Waals surface area contributed by atoms with Crippen molar-refractivity contribution in [3.8, 4) is 17.2 Å². The number of rotatable bonds is 3. The molecule has 2 aromatic rings. The van der Waals surface area contributed by atoms with Gasteiger partial charge in [-0.3, -0.25) is 5.32 Å². The maximum absolute atomic E-state index is 9.15. The number of nitrogens with zero attached hydrogens (tertiary/aromatic N) is 1. The van der Waals surface area contributed by atoms with E-state index < -0.39 is 0 Å². The van der Waals surface area contributed by atoms with Gasteiger partial charge in [-0.1, -0.05) is 61.5 Å². The highest BCUT2D eigenvalue weighted by Crippen LogP contribution is 2.34. The van der Waals surface area contributed by atoms with Crippen molar-refractivity contribution in [2.24, 2.45) is 0 Å². The van der Waals surface area contributed by atoms with E-state index in [1.54, 1.807) is 0 Å². The average Bonchev–Trinajstić information content (AvgIpc) is 2.49. The van der Waals surface area contributed by atoms with Crippen molar-refractivity contribution in [3.05, 3.63) is 60.2 Å². The van der Waals surface area contributed by atoms with Gasteiger partial charge in [0.15, 0.2) is 0 Å². The van der Waals surface area contributed by atoms with Gasteiger partial charge in [-0.05, 0) is 23.1 Å². The molecule has 0 aromatic heterocycles. The second kappa shape index (κ2) is 5.48. The Morgan fingerprint density at radius 1 is 1.00 bits per heavy atom. The maximum Gasteiger partial charge on any atom is 0.104 e. The Morgan fingerprint density at radius 2 is 1.65 bits per heavy atom. The molecular weight excluding hydrogens is 244 g/mol. The molecule has 3 atom stereocenters. The van der Waals surface area contributed by atoms with Gasteiger partial charge in [0.05, 0.1) is 6.07 Å². The van der Waals surface area contributed by atoms with Gasteiger partial charge in [0.2, 0.25) is 0 Å². The molecule has 1 aliphatic rings. The molecule has 1 N–H and O–H groups in total.